The molecule has 1 N–H and O–H groups in total. The van der Waals surface area contributed by atoms with Crippen LogP contribution in [-0.4, -0.2) is 81.2 Å². The molecule has 9 heteroatoms. The van der Waals surface area contributed by atoms with Crippen LogP contribution in [0.3, 0.4) is 0 Å². The Kier molecular flexibility index (Phi) is 5.80. The van der Waals surface area contributed by atoms with E-state index in [-0.39, 0.29) is 13.4 Å². The van der Waals surface area contributed by atoms with Crippen LogP contribution in [0.4, 0.5) is 0 Å². The lowest BCUT2D eigenvalue weighted by Crippen LogP contribution is -2.50. The molecule has 0 radical (unpaired) electrons. The van der Waals surface area contributed by atoms with E-state index in [1.54, 1.807) is 0 Å². The highest BCUT2D eigenvalue weighted by molar-refractivity contribution is 7.88. The average molecular weight is 372 g/mol. The minimum Gasteiger partial charge on any atom is -0.454 e. The van der Waals surface area contributed by atoms with Gasteiger partial charge in [0, 0.05) is 32.7 Å². The Morgan fingerprint density at radius 1 is 1.20 bits per heavy atom. The molecular formula is C16H24N2O6S. The number of nitrogens with zero attached hydrogens (tertiary/aromatic N) is 2. The molecule has 2 aliphatic rings. The predicted octanol–water partition coefficient (Wildman–Crippen LogP) is -0.130. The van der Waals surface area contributed by atoms with Gasteiger partial charge in [-0.3, -0.25) is 4.90 Å². The molecule has 0 saturated carbocycles. The summed E-state index contributed by atoms with van der Waals surface area (Å²) in [5, 5.41) is 10.1. The first-order valence-corrected chi connectivity index (χ1v) is 10.1. The number of benzene rings is 1. The molecule has 1 aromatic rings. The summed E-state index contributed by atoms with van der Waals surface area (Å²) in [4.78, 5) is 2.05. The van der Waals surface area contributed by atoms with Gasteiger partial charge in [0.25, 0.3) is 0 Å². The molecule has 0 spiro atoms. The standard InChI is InChI=1S/C16H24N2O6S/c1-25(20,21)18-6-4-17(5-7-18)9-14(19)11-22-10-13-2-3-15-16(8-13)24-12-23-15/h2-3,8,14,19H,4-7,9-12H2,1H3/t14-/m0/s1. The van der Waals surface area contributed by atoms with Crippen LogP contribution < -0.4 is 9.47 Å². The van der Waals surface area contributed by atoms with Gasteiger partial charge in [-0.05, 0) is 17.7 Å². The molecule has 0 amide bonds. The molecule has 1 fully saturated rings. The number of β-amino-alcohol motifs (C(OH)–C–C–N with tert-alkyl or cyclic N) is 1. The van der Waals surface area contributed by atoms with Crippen molar-refractivity contribution in [2.45, 2.75) is 12.7 Å². The van der Waals surface area contributed by atoms with Crippen molar-refractivity contribution in [2.24, 2.45) is 0 Å². The summed E-state index contributed by atoms with van der Waals surface area (Å²) in [5.74, 6) is 1.45. The number of ether oxygens (including phenoxy) is 3. The number of fused-ring (bicyclic) bond motifs is 1. The van der Waals surface area contributed by atoms with Crippen molar-refractivity contribution in [3.63, 3.8) is 0 Å². The van der Waals surface area contributed by atoms with E-state index in [1.165, 1.54) is 10.6 Å². The molecular weight excluding hydrogens is 348 g/mol. The number of aliphatic hydroxyl groups excluding tert-OH is 1. The Hall–Kier alpha value is -1.39. The third-order valence-corrected chi connectivity index (χ3v) is 5.59. The van der Waals surface area contributed by atoms with E-state index < -0.39 is 16.1 Å². The molecule has 1 aromatic carbocycles. The molecule has 2 heterocycles. The van der Waals surface area contributed by atoms with Gasteiger partial charge in [0.2, 0.25) is 16.8 Å². The Labute approximate surface area is 147 Å². The van der Waals surface area contributed by atoms with Crippen molar-refractivity contribution in [3.05, 3.63) is 23.8 Å². The van der Waals surface area contributed by atoms with E-state index in [0.29, 0.717) is 45.1 Å². The van der Waals surface area contributed by atoms with E-state index in [1.807, 2.05) is 18.2 Å². The first-order chi connectivity index (χ1) is 11.9. The quantitative estimate of drug-likeness (QED) is 0.713. The van der Waals surface area contributed by atoms with Gasteiger partial charge in [0.05, 0.1) is 25.6 Å². The highest BCUT2D eigenvalue weighted by Crippen LogP contribution is 2.32. The lowest BCUT2D eigenvalue weighted by molar-refractivity contribution is 0.00539. The van der Waals surface area contributed by atoms with Crippen LogP contribution in [0.2, 0.25) is 0 Å². The van der Waals surface area contributed by atoms with Gasteiger partial charge < -0.3 is 19.3 Å². The monoisotopic (exact) mass is 372 g/mol. The zero-order valence-electron chi connectivity index (χ0n) is 14.3. The van der Waals surface area contributed by atoms with Crippen LogP contribution in [0.1, 0.15) is 5.56 Å². The second kappa shape index (κ2) is 7.88. The number of rotatable bonds is 7. The Balaban J connectivity index is 1.37. The van der Waals surface area contributed by atoms with Gasteiger partial charge in [0.15, 0.2) is 11.5 Å². The van der Waals surface area contributed by atoms with Gasteiger partial charge in [-0.15, -0.1) is 0 Å². The molecule has 3 rings (SSSR count). The van der Waals surface area contributed by atoms with Crippen molar-refractivity contribution in [1.82, 2.24) is 9.21 Å². The second-order valence-electron chi connectivity index (χ2n) is 6.32. The van der Waals surface area contributed by atoms with E-state index in [0.717, 1.165) is 11.3 Å². The highest BCUT2D eigenvalue weighted by atomic mass is 32.2. The predicted molar refractivity (Wildman–Crippen MR) is 91.1 cm³/mol. The van der Waals surface area contributed by atoms with E-state index >= 15 is 0 Å². The zero-order valence-corrected chi connectivity index (χ0v) is 15.1. The fourth-order valence-electron chi connectivity index (χ4n) is 2.94. The minimum absolute atomic E-state index is 0.223. The molecule has 1 atom stereocenters. The van der Waals surface area contributed by atoms with Crippen molar-refractivity contribution < 1.29 is 27.7 Å². The maximum absolute atomic E-state index is 11.5. The molecule has 0 bridgehead atoms. The van der Waals surface area contributed by atoms with Crippen molar-refractivity contribution >= 4 is 10.0 Å². The molecule has 2 aliphatic heterocycles. The highest BCUT2D eigenvalue weighted by Gasteiger charge is 2.24. The summed E-state index contributed by atoms with van der Waals surface area (Å²) < 4.78 is 40.6. The summed E-state index contributed by atoms with van der Waals surface area (Å²) in [5.41, 5.74) is 0.957. The van der Waals surface area contributed by atoms with Crippen LogP contribution >= 0.6 is 0 Å². The van der Waals surface area contributed by atoms with Gasteiger partial charge in [-0.25, -0.2) is 8.42 Å². The van der Waals surface area contributed by atoms with Crippen LogP contribution in [0.25, 0.3) is 0 Å². The molecule has 1 saturated heterocycles. The molecule has 8 nitrogen and oxygen atoms in total. The molecule has 25 heavy (non-hydrogen) atoms. The molecule has 0 aliphatic carbocycles. The maximum atomic E-state index is 11.5. The largest absolute Gasteiger partial charge is 0.454 e. The third kappa shape index (κ3) is 5.05. The summed E-state index contributed by atoms with van der Waals surface area (Å²) in [6, 6.07) is 5.63. The van der Waals surface area contributed by atoms with E-state index in [2.05, 4.69) is 4.90 Å². The van der Waals surface area contributed by atoms with Gasteiger partial charge >= 0.3 is 0 Å². The van der Waals surface area contributed by atoms with E-state index in [9.17, 15) is 13.5 Å². The van der Waals surface area contributed by atoms with Crippen LogP contribution in [-0.2, 0) is 21.4 Å². The number of hydrogen-bond acceptors (Lipinski definition) is 7. The first-order valence-electron chi connectivity index (χ1n) is 8.23. The smallest absolute Gasteiger partial charge is 0.231 e. The number of aliphatic hydroxyl groups is 1. The fraction of sp³-hybridized carbons (Fsp3) is 0.625. The van der Waals surface area contributed by atoms with Crippen molar-refractivity contribution in [3.8, 4) is 11.5 Å². The summed E-state index contributed by atoms with van der Waals surface area (Å²) in [6.45, 7) is 3.48. The number of piperazine rings is 1. The lowest BCUT2D eigenvalue weighted by atomic mass is 10.2. The minimum atomic E-state index is -3.13. The Bertz CT molecular complexity index is 688. The SMILES string of the molecule is CS(=O)(=O)N1CCN(C[C@H](O)COCc2ccc3c(c2)OCO3)CC1. The summed E-state index contributed by atoms with van der Waals surface area (Å²) in [7, 11) is -3.13. The van der Waals surface area contributed by atoms with Crippen molar-refractivity contribution in [2.75, 3.05) is 52.4 Å². The normalized spacial score (nSPS) is 19.9. The van der Waals surface area contributed by atoms with Gasteiger partial charge in [-0.2, -0.15) is 4.31 Å². The van der Waals surface area contributed by atoms with Crippen molar-refractivity contribution in [1.29, 1.82) is 0 Å². The number of sulfonamides is 1. The molecule has 0 unspecified atom stereocenters. The maximum Gasteiger partial charge on any atom is 0.231 e. The van der Waals surface area contributed by atoms with Gasteiger partial charge in [-0.1, -0.05) is 6.07 Å². The van der Waals surface area contributed by atoms with Crippen LogP contribution in [0, 0.1) is 0 Å². The van der Waals surface area contributed by atoms with Gasteiger partial charge in [0.1, 0.15) is 0 Å². The Morgan fingerprint density at radius 2 is 1.92 bits per heavy atom. The third-order valence-electron chi connectivity index (χ3n) is 4.29. The zero-order chi connectivity index (χ0) is 17.9. The van der Waals surface area contributed by atoms with E-state index in [4.69, 9.17) is 14.2 Å². The number of hydrogen-bond donors (Lipinski definition) is 1. The summed E-state index contributed by atoms with van der Waals surface area (Å²) in [6.07, 6.45) is 0.611. The fourth-order valence-corrected chi connectivity index (χ4v) is 3.76. The van der Waals surface area contributed by atoms with Crippen LogP contribution in [0.15, 0.2) is 18.2 Å². The molecule has 0 aromatic heterocycles. The lowest BCUT2D eigenvalue weighted by Gasteiger charge is -2.34. The summed E-state index contributed by atoms with van der Waals surface area (Å²) >= 11 is 0. The second-order valence-corrected chi connectivity index (χ2v) is 8.30. The Morgan fingerprint density at radius 3 is 2.64 bits per heavy atom. The molecule has 140 valence electrons. The topological polar surface area (TPSA) is 88.5 Å². The first kappa shape index (κ1) is 18.4. The average Bonchev–Trinajstić information content (AvgIpc) is 3.02. The van der Waals surface area contributed by atoms with Crippen LogP contribution in [0.5, 0.6) is 11.5 Å².